The predicted molar refractivity (Wildman–Crippen MR) is 87.5 cm³/mol. The third-order valence-corrected chi connectivity index (χ3v) is 2.82. The predicted octanol–water partition coefficient (Wildman–Crippen LogP) is 2.48. The number of hydrogen-bond donors (Lipinski definition) is 2. The zero-order valence-electron chi connectivity index (χ0n) is 12.4. The Bertz CT molecular complexity index is 595. The first-order valence-corrected chi connectivity index (χ1v) is 6.68. The second-order valence-corrected chi connectivity index (χ2v) is 4.62. The van der Waals surface area contributed by atoms with E-state index in [2.05, 4.69) is 20.6 Å². The molecule has 0 aliphatic heterocycles. The molecule has 0 radical (unpaired) electrons. The van der Waals surface area contributed by atoms with Crippen molar-refractivity contribution in [3.63, 3.8) is 0 Å². The van der Waals surface area contributed by atoms with E-state index in [-0.39, 0.29) is 24.2 Å². The highest BCUT2D eigenvalue weighted by Gasteiger charge is 2.12. The van der Waals surface area contributed by atoms with Gasteiger partial charge in [0.1, 0.15) is 5.75 Å². The van der Waals surface area contributed by atoms with Crippen LogP contribution in [0.25, 0.3) is 0 Å². The second kappa shape index (κ2) is 8.96. The largest absolute Gasteiger partial charge is 0.437 e. The van der Waals surface area contributed by atoms with Crippen LogP contribution in [0.3, 0.4) is 0 Å². The van der Waals surface area contributed by atoms with Crippen molar-refractivity contribution in [1.29, 1.82) is 0 Å². The number of hydrogen-bond acceptors (Lipinski definition) is 5. The van der Waals surface area contributed by atoms with Gasteiger partial charge < -0.3 is 15.4 Å². The van der Waals surface area contributed by atoms with Gasteiger partial charge in [-0.2, -0.15) is 0 Å². The summed E-state index contributed by atoms with van der Waals surface area (Å²) in [5.41, 5.74) is 0.685. The first-order valence-electron chi connectivity index (χ1n) is 6.68. The van der Waals surface area contributed by atoms with Crippen LogP contribution in [0.1, 0.15) is 6.92 Å². The third kappa shape index (κ3) is 5.31. The topological polar surface area (TPSA) is 76.1 Å². The number of aromatic nitrogens is 2. The van der Waals surface area contributed by atoms with Crippen LogP contribution in [0.5, 0.6) is 11.6 Å². The molecule has 6 nitrogen and oxygen atoms in total. The fourth-order valence-corrected chi connectivity index (χ4v) is 1.76. The number of nitrogens with zero attached hydrogens (tertiary/aromatic N) is 2. The molecule has 7 heteroatoms. The molecule has 0 bridgehead atoms. The Balaban J connectivity index is 0.00000242. The lowest BCUT2D eigenvalue weighted by atomic mass is 10.1. The van der Waals surface area contributed by atoms with Gasteiger partial charge in [-0.1, -0.05) is 13.0 Å². The standard InChI is InChI=1S/C15H18N4O2.ClH/c1-11(9-16-2)15(20)19-12-4-3-5-13(8-12)21-14-10-17-6-7-18-14;/h3-8,10-11,16H,9H2,1-2H3,(H,19,20);1H. The first-order chi connectivity index (χ1) is 10.2. The van der Waals surface area contributed by atoms with Crippen molar-refractivity contribution in [3.05, 3.63) is 42.9 Å². The Morgan fingerprint density at radius 3 is 2.86 bits per heavy atom. The van der Waals surface area contributed by atoms with Crippen molar-refractivity contribution in [1.82, 2.24) is 15.3 Å². The van der Waals surface area contributed by atoms with Crippen molar-refractivity contribution in [2.24, 2.45) is 5.92 Å². The van der Waals surface area contributed by atoms with Crippen LogP contribution < -0.4 is 15.4 Å². The van der Waals surface area contributed by atoms with Gasteiger partial charge in [0.25, 0.3) is 0 Å². The number of benzene rings is 1. The van der Waals surface area contributed by atoms with Crippen LogP contribution in [0.2, 0.25) is 0 Å². The molecule has 0 saturated carbocycles. The van der Waals surface area contributed by atoms with E-state index in [9.17, 15) is 4.79 Å². The van der Waals surface area contributed by atoms with Gasteiger partial charge in [0, 0.05) is 36.6 Å². The van der Waals surface area contributed by atoms with Gasteiger partial charge in [0.15, 0.2) is 0 Å². The van der Waals surface area contributed by atoms with Crippen molar-refractivity contribution in [2.75, 3.05) is 18.9 Å². The zero-order valence-corrected chi connectivity index (χ0v) is 13.3. The van der Waals surface area contributed by atoms with Gasteiger partial charge in [-0.15, -0.1) is 12.4 Å². The lowest BCUT2D eigenvalue weighted by Crippen LogP contribution is -2.28. The highest BCUT2D eigenvalue weighted by Crippen LogP contribution is 2.22. The van der Waals surface area contributed by atoms with Crippen LogP contribution >= 0.6 is 12.4 Å². The number of anilines is 1. The SMILES string of the molecule is CNCC(C)C(=O)Nc1cccc(Oc2cnccn2)c1.Cl. The van der Waals surface area contributed by atoms with E-state index >= 15 is 0 Å². The fraction of sp³-hybridized carbons (Fsp3) is 0.267. The number of nitrogens with one attached hydrogen (secondary N) is 2. The minimum Gasteiger partial charge on any atom is -0.437 e. The summed E-state index contributed by atoms with van der Waals surface area (Å²) in [6, 6.07) is 7.16. The first kappa shape index (κ1) is 17.9. The molecule has 118 valence electrons. The fourth-order valence-electron chi connectivity index (χ4n) is 1.76. The Hall–Kier alpha value is -2.18. The van der Waals surface area contributed by atoms with Crippen molar-refractivity contribution >= 4 is 24.0 Å². The molecule has 22 heavy (non-hydrogen) atoms. The molecule has 2 aromatic rings. The number of amides is 1. The molecule has 1 aromatic heterocycles. The molecular weight excluding hydrogens is 304 g/mol. The van der Waals surface area contributed by atoms with Crippen molar-refractivity contribution in [3.8, 4) is 11.6 Å². The highest BCUT2D eigenvalue weighted by atomic mass is 35.5. The van der Waals surface area contributed by atoms with Crippen LogP contribution in [-0.4, -0.2) is 29.5 Å². The Morgan fingerprint density at radius 2 is 2.18 bits per heavy atom. The van der Waals surface area contributed by atoms with Gasteiger partial charge in [0.2, 0.25) is 11.8 Å². The van der Waals surface area contributed by atoms with E-state index in [1.54, 1.807) is 24.5 Å². The van der Waals surface area contributed by atoms with E-state index in [1.807, 2.05) is 26.1 Å². The lowest BCUT2D eigenvalue weighted by molar-refractivity contribution is -0.119. The Labute approximate surface area is 135 Å². The van der Waals surface area contributed by atoms with E-state index < -0.39 is 0 Å². The monoisotopic (exact) mass is 322 g/mol. The summed E-state index contributed by atoms with van der Waals surface area (Å²) >= 11 is 0. The van der Waals surface area contributed by atoms with Crippen LogP contribution in [0, 0.1) is 5.92 Å². The molecule has 2 N–H and O–H groups in total. The molecule has 1 heterocycles. The highest BCUT2D eigenvalue weighted by molar-refractivity contribution is 5.92. The Kier molecular flexibility index (Phi) is 7.28. The summed E-state index contributed by atoms with van der Waals surface area (Å²) in [5, 5.41) is 5.84. The zero-order chi connectivity index (χ0) is 15.1. The lowest BCUT2D eigenvalue weighted by Gasteiger charge is -2.12. The molecule has 0 aliphatic carbocycles. The number of halogens is 1. The van der Waals surface area contributed by atoms with Gasteiger partial charge in [-0.25, -0.2) is 4.98 Å². The summed E-state index contributed by atoms with van der Waals surface area (Å²) in [5.74, 6) is 0.847. The quantitative estimate of drug-likeness (QED) is 0.854. The molecule has 0 saturated heterocycles. The average molecular weight is 323 g/mol. The molecule has 1 amide bonds. The number of rotatable bonds is 6. The minimum atomic E-state index is -0.112. The van der Waals surface area contributed by atoms with E-state index in [4.69, 9.17) is 4.74 Å². The molecular formula is C15H19ClN4O2. The number of ether oxygens (including phenoxy) is 1. The van der Waals surface area contributed by atoms with Crippen molar-refractivity contribution < 1.29 is 9.53 Å². The molecule has 0 aliphatic rings. The summed E-state index contributed by atoms with van der Waals surface area (Å²) in [6.07, 6.45) is 4.66. The van der Waals surface area contributed by atoms with E-state index in [1.165, 1.54) is 6.20 Å². The molecule has 1 aromatic carbocycles. The van der Waals surface area contributed by atoms with E-state index in [0.717, 1.165) is 0 Å². The van der Waals surface area contributed by atoms with Gasteiger partial charge in [-0.3, -0.25) is 9.78 Å². The van der Waals surface area contributed by atoms with Gasteiger partial charge >= 0.3 is 0 Å². The molecule has 1 unspecified atom stereocenters. The maximum atomic E-state index is 12.0. The minimum absolute atomic E-state index is 0. The van der Waals surface area contributed by atoms with E-state index in [0.29, 0.717) is 23.9 Å². The van der Waals surface area contributed by atoms with Gasteiger partial charge in [-0.05, 0) is 19.2 Å². The van der Waals surface area contributed by atoms with Crippen LogP contribution in [0.15, 0.2) is 42.9 Å². The van der Waals surface area contributed by atoms with Crippen LogP contribution in [-0.2, 0) is 4.79 Å². The normalized spacial score (nSPS) is 11.2. The molecule has 2 rings (SSSR count). The Morgan fingerprint density at radius 1 is 1.36 bits per heavy atom. The second-order valence-electron chi connectivity index (χ2n) is 4.62. The summed E-state index contributed by atoms with van der Waals surface area (Å²) in [6.45, 7) is 2.49. The van der Waals surface area contributed by atoms with Crippen LogP contribution in [0.4, 0.5) is 5.69 Å². The average Bonchev–Trinajstić information content (AvgIpc) is 2.49. The number of carbonyl (C=O) groups is 1. The summed E-state index contributed by atoms with van der Waals surface area (Å²) < 4.78 is 5.57. The maximum Gasteiger partial charge on any atom is 0.237 e. The van der Waals surface area contributed by atoms with Crippen molar-refractivity contribution in [2.45, 2.75) is 6.92 Å². The smallest absolute Gasteiger partial charge is 0.237 e. The maximum absolute atomic E-state index is 12.0. The summed E-state index contributed by atoms with van der Waals surface area (Å²) in [7, 11) is 1.82. The van der Waals surface area contributed by atoms with Gasteiger partial charge in [0.05, 0.1) is 6.20 Å². The third-order valence-electron chi connectivity index (χ3n) is 2.82. The molecule has 0 fully saturated rings. The number of carbonyl (C=O) groups excluding carboxylic acids is 1. The molecule has 1 atom stereocenters. The molecule has 0 spiro atoms. The summed E-state index contributed by atoms with van der Waals surface area (Å²) in [4.78, 5) is 19.9.